The molecule has 1 aromatic carbocycles. The van der Waals surface area contributed by atoms with E-state index in [2.05, 4.69) is 40.0 Å². The molecule has 0 radical (unpaired) electrons. The number of aliphatic imine (C=N–C) groups is 1. The van der Waals surface area contributed by atoms with E-state index < -0.39 is 0 Å². The van der Waals surface area contributed by atoms with Gasteiger partial charge in [-0.25, -0.2) is 0 Å². The van der Waals surface area contributed by atoms with E-state index in [4.69, 9.17) is 0 Å². The zero-order valence-corrected chi connectivity index (χ0v) is 10.6. The van der Waals surface area contributed by atoms with Gasteiger partial charge in [-0.05, 0) is 18.2 Å². The van der Waals surface area contributed by atoms with Crippen molar-refractivity contribution in [2.45, 2.75) is 11.4 Å². The average molecular weight is 256 g/mol. The molecule has 4 nitrogen and oxygen atoms in total. The first-order valence-corrected chi connectivity index (χ1v) is 6.64. The van der Waals surface area contributed by atoms with Crippen molar-refractivity contribution < 1.29 is 0 Å². The second-order valence-electron chi connectivity index (χ2n) is 3.91. The molecule has 3 rings (SSSR count). The van der Waals surface area contributed by atoms with E-state index in [1.807, 2.05) is 16.9 Å². The van der Waals surface area contributed by atoms with Crippen LogP contribution in [0.1, 0.15) is 11.4 Å². The minimum absolute atomic E-state index is 0.573. The molecule has 18 heavy (non-hydrogen) atoms. The molecular weight excluding hydrogens is 244 g/mol. The molecule has 2 aromatic rings. The standard InChI is InChI=1S/C13H12N4S/c1-2-5-18-11-3-4-12-10(6-11)7-14-8-13-16-15-9-17(12)13/h2-4,6-7,9H,1,5,8H2. The molecule has 0 N–H and O–H groups in total. The molecule has 0 unspecified atom stereocenters. The van der Waals surface area contributed by atoms with Crippen LogP contribution in [0.3, 0.4) is 0 Å². The highest BCUT2D eigenvalue weighted by atomic mass is 32.2. The Balaban J connectivity index is 2.05. The predicted octanol–water partition coefficient (Wildman–Crippen LogP) is 2.48. The van der Waals surface area contributed by atoms with Crippen molar-refractivity contribution in [3.63, 3.8) is 0 Å². The summed E-state index contributed by atoms with van der Waals surface area (Å²) < 4.78 is 1.99. The molecule has 1 aromatic heterocycles. The van der Waals surface area contributed by atoms with E-state index in [0.29, 0.717) is 6.54 Å². The maximum Gasteiger partial charge on any atom is 0.159 e. The molecule has 1 aliphatic rings. The van der Waals surface area contributed by atoms with Gasteiger partial charge in [-0.3, -0.25) is 9.56 Å². The van der Waals surface area contributed by atoms with Crippen molar-refractivity contribution >= 4 is 18.0 Å². The van der Waals surface area contributed by atoms with Gasteiger partial charge in [0, 0.05) is 22.4 Å². The number of hydrogen-bond acceptors (Lipinski definition) is 4. The molecule has 0 saturated heterocycles. The number of nitrogens with zero attached hydrogens (tertiary/aromatic N) is 4. The summed E-state index contributed by atoms with van der Waals surface area (Å²) in [6, 6.07) is 6.34. The number of benzene rings is 1. The summed E-state index contributed by atoms with van der Waals surface area (Å²) in [7, 11) is 0. The molecule has 0 fully saturated rings. The maximum absolute atomic E-state index is 4.37. The fourth-order valence-corrected chi connectivity index (χ4v) is 2.58. The topological polar surface area (TPSA) is 43.1 Å². The van der Waals surface area contributed by atoms with Gasteiger partial charge < -0.3 is 0 Å². The molecule has 90 valence electrons. The average Bonchev–Trinajstić information content (AvgIpc) is 2.78. The summed E-state index contributed by atoms with van der Waals surface area (Å²) in [5, 5.41) is 8.01. The smallest absolute Gasteiger partial charge is 0.159 e. The van der Waals surface area contributed by atoms with Gasteiger partial charge in [-0.2, -0.15) is 0 Å². The fourth-order valence-electron chi connectivity index (χ4n) is 1.89. The lowest BCUT2D eigenvalue weighted by Crippen LogP contribution is -2.00. The third-order valence-electron chi connectivity index (χ3n) is 2.71. The Hall–Kier alpha value is -1.88. The first kappa shape index (κ1) is 11.2. The van der Waals surface area contributed by atoms with Crippen LogP contribution in [-0.2, 0) is 6.54 Å². The number of aromatic nitrogens is 3. The quantitative estimate of drug-likeness (QED) is 0.626. The molecule has 5 heteroatoms. The summed E-state index contributed by atoms with van der Waals surface area (Å²) in [5.74, 6) is 1.78. The number of rotatable bonds is 3. The third-order valence-corrected chi connectivity index (χ3v) is 3.70. The van der Waals surface area contributed by atoms with Gasteiger partial charge in [0.15, 0.2) is 5.82 Å². The third kappa shape index (κ3) is 1.97. The second kappa shape index (κ2) is 4.78. The highest BCUT2D eigenvalue weighted by Gasteiger charge is 2.12. The van der Waals surface area contributed by atoms with Gasteiger partial charge in [-0.15, -0.1) is 28.5 Å². The SMILES string of the molecule is C=CCSc1ccc2c(c1)C=NCc1nncn1-2. The van der Waals surface area contributed by atoms with Crippen LogP contribution >= 0.6 is 11.8 Å². The molecule has 0 bridgehead atoms. The second-order valence-corrected chi connectivity index (χ2v) is 5.00. The van der Waals surface area contributed by atoms with Crippen LogP contribution in [0.4, 0.5) is 0 Å². The van der Waals surface area contributed by atoms with Gasteiger partial charge in [0.1, 0.15) is 6.33 Å². The zero-order valence-electron chi connectivity index (χ0n) is 9.78. The molecule has 0 atom stereocenters. The number of hydrogen-bond donors (Lipinski definition) is 0. The van der Waals surface area contributed by atoms with Crippen LogP contribution in [0.25, 0.3) is 5.69 Å². The maximum atomic E-state index is 4.37. The lowest BCUT2D eigenvalue weighted by Gasteiger charge is -2.08. The van der Waals surface area contributed by atoms with Crippen molar-refractivity contribution in [2.75, 3.05) is 5.75 Å². The summed E-state index contributed by atoms with van der Waals surface area (Å²) in [6.45, 7) is 4.31. The Kier molecular flexibility index (Phi) is 2.98. The fraction of sp³-hybridized carbons (Fsp3) is 0.154. The number of thioether (sulfide) groups is 1. The molecule has 0 saturated carbocycles. The van der Waals surface area contributed by atoms with E-state index in [9.17, 15) is 0 Å². The molecule has 1 aliphatic heterocycles. The Morgan fingerprint density at radius 2 is 2.39 bits per heavy atom. The largest absolute Gasteiger partial charge is 0.284 e. The van der Waals surface area contributed by atoms with Crippen molar-refractivity contribution in [2.24, 2.45) is 4.99 Å². The van der Waals surface area contributed by atoms with Crippen LogP contribution in [0, 0.1) is 0 Å². The Labute approximate surface area is 109 Å². The zero-order chi connectivity index (χ0) is 12.4. The molecule has 0 aliphatic carbocycles. The minimum atomic E-state index is 0.573. The highest BCUT2D eigenvalue weighted by molar-refractivity contribution is 7.99. The summed E-state index contributed by atoms with van der Waals surface area (Å²) >= 11 is 1.76. The van der Waals surface area contributed by atoms with Crippen molar-refractivity contribution in [3.8, 4) is 5.69 Å². The normalized spacial score (nSPS) is 12.7. The minimum Gasteiger partial charge on any atom is -0.284 e. The lowest BCUT2D eigenvalue weighted by atomic mass is 10.2. The first-order chi connectivity index (χ1) is 8.88. The van der Waals surface area contributed by atoms with E-state index in [-0.39, 0.29) is 0 Å². The molecule has 0 amide bonds. The van der Waals surface area contributed by atoms with Gasteiger partial charge in [0.25, 0.3) is 0 Å². The van der Waals surface area contributed by atoms with Crippen LogP contribution in [-0.4, -0.2) is 26.7 Å². The van der Waals surface area contributed by atoms with E-state index in [1.54, 1.807) is 18.1 Å². The highest BCUT2D eigenvalue weighted by Crippen LogP contribution is 2.25. The summed E-state index contributed by atoms with van der Waals surface area (Å²) in [6.07, 6.45) is 5.55. The van der Waals surface area contributed by atoms with Gasteiger partial charge in [-0.1, -0.05) is 6.08 Å². The Bertz CT molecular complexity index is 615. The summed E-state index contributed by atoms with van der Waals surface area (Å²) in [5.41, 5.74) is 2.18. The number of fused-ring (bicyclic) bond motifs is 3. The van der Waals surface area contributed by atoms with Gasteiger partial charge in [0.2, 0.25) is 0 Å². The first-order valence-electron chi connectivity index (χ1n) is 5.65. The summed E-state index contributed by atoms with van der Waals surface area (Å²) in [4.78, 5) is 5.59. The Morgan fingerprint density at radius 3 is 3.28 bits per heavy atom. The molecular formula is C13H12N4S. The predicted molar refractivity (Wildman–Crippen MR) is 73.6 cm³/mol. The van der Waals surface area contributed by atoms with E-state index in [0.717, 1.165) is 22.8 Å². The van der Waals surface area contributed by atoms with Crippen LogP contribution in [0.2, 0.25) is 0 Å². The van der Waals surface area contributed by atoms with Gasteiger partial charge >= 0.3 is 0 Å². The Morgan fingerprint density at radius 1 is 1.44 bits per heavy atom. The van der Waals surface area contributed by atoms with Crippen molar-refractivity contribution in [1.82, 2.24) is 14.8 Å². The van der Waals surface area contributed by atoms with E-state index >= 15 is 0 Å². The molecule has 0 spiro atoms. The monoisotopic (exact) mass is 256 g/mol. The van der Waals surface area contributed by atoms with Crippen molar-refractivity contribution in [1.29, 1.82) is 0 Å². The van der Waals surface area contributed by atoms with Gasteiger partial charge in [0.05, 0.1) is 12.2 Å². The van der Waals surface area contributed by atoms with E-state index in [1.165, 1.54) is 4.90 Å². The lowest BCUT2D eigenvalue weighted by molar-refractivity contribution is 0.871. The molecule has 2 heterocycles. The van der Waals surface area contributed by atoms with Crippen LogP contribution in [0.15, 0.2) is 47.1 Å². The van der Waals surface area contributed by atoms with Crippen LogP contribution in [0.5, 0.6) is 0 Å². The van der Waals surface area contributed by atoms with Crippen molar-refractivity contribution in [3.05, 3.63) is 48.6 Å². The van der Waals surface area contributed by atoms with Crippen LogP contribution < -0.4 is 0 Å².